The van der Waals surface area contributed by atoms with Crippen LogP contribution >= 0.6 is 23.1 Å². The number of carbonyl (C=O) groups excluding carboxylic acids is 2. The van der Waals surface area contributed by atoms with Crippen molar-refractivity contribution in [2.24, 2.45) is 5.16 Å². The second-order valence-electron chi connectivity index (χ2n) is 7.69. The number of anilines is 1. The Morgan fingerprint density at radius 2 is 2.11 bits per heavy atom. The van der Waals surface area contributed by atoms with Gasteiger partial charge in [0, 0.05) is 24.3 Å². The number of pyridine rings is 1. The highest BCUT2D eigenvalue weighted by molar-refractivity contribution is 8.00. The van der Waals surface area contributed by atoms with Gasteiger partial charge in [-0.2, -0.15) is 4.73 Å². The fourth-order valence-electron chi connectivity index (χ4n) is 3.60. The van der Waals surface area contributed by atoms with E-state index < -0.39 is 47.0 Å². The van der Waals surface area contributed by atoms with Crippen molar-refractivity contribution in [1.29, 1.82) is 0 Å². The van der Waals surface area contributed by atoms with Gasteiger partial charge in [-0.05, 0) is 5.57 Å². The van der Waals surface area contributed by atoms with Crippen LogP contribution in [-0.2, 0) is 30.6 Å². The third-order valence-electron chi connectivity index (χ3n) is 5.29. The van der Waals surface area contributed by atoms with Crippen molar-refractivity contribution >= 4 is 51.7 Å². The maximum Gasteiger partial charge on any atom is 0.352 e. The largest absolute Gasteiger partial charge is 0.503 e. The number of fused-ring (bicyclic) bond motifs is 1. The predicted molar refractivity (Wildman–Crippen MR) is 129 cm³/mol. The number of carboxylic acids is 1. The molecule has 17 heteroatoms. The van der Waals surface area contributed by atoms with Crippen molar-refractivity contribution in [2.75, 3.05) is 25.2 Å². The average molecular weight is 553 g/mol. The number of hydrogen-bond donors (Lipinski definition) is 5. The highest BCUT2D eigenvalue weighted by atomic mass is 32.2. The zero-order valence-electron chi connectivity index (χ0n) is 19.0. The van der Waals surface area contributed by atoms with Crippen molar-refractivity contribution in [3.63, 3.8) is 0 Å². The lowest BCUT2D eigenvalue weighted by Crippen LogP contribution is -2.71. The molecule has 2 atom stereocenters. The molecule has 0 radical (unpaired) electrons. The molecule has 2 aromatic heterocycles. The fraction of sp³-hybridized carbons (Fsp3) is 0.300. The summed E-state index contributed by atoms with van der Waals surface area (Å²) in [6.07, 6.45) is 0.771. The van der Waals surface area contributed by atoms with E-state index in [0.717, 1.165) is 28.5 Å². The quantitative estimate of drug-likeness (QED) is 0.111. The van der Waals surface area contributed by atoms with Gasteiger partial charge >= 0.3 is 5.97 Å². The van der Waals surface area contributed by atoms with Gasteiger partial charge in [-0.15, -0.1) is 23.1 Å². The first-order valence-corrected chi connectivity index (χ1v) is 12.3. The summed E-state index contributed by atoms with van der Waals surface area (Å²) in [6, 6.07) is -0.129. The number of β-lactam (4-membered cyclic amide) rings is 1. The van der Waals surface area contributed by atoms with Crippen molar-refractivity contribution < 1.29 is 39.4 Å². The SMILES string of the molecule is COCC1=C(C(=O)O)N2C(=O)[C@@H](NC(=O)/C(=N\OCc3cc(=O)c(O)cn3O)c3csc(N)n3)[C@H]2SC1. The molecule has 0 unspecified atom stereocenters. The normalized spacial score (nSPS) is 19.3. The third kappa shape index (κ3) is 5.09. The summed E-state index contributed by atoms with van der Waals surface area (Å²) in [5.41, 5.74) is 4.79. The third-order valence-corrected chi connectivity index (χ3v) is 7.31. The molecule has 0 bridgehead atoms. The van der Waals surface area contributed by atoms with Crippen LogP contribution in [0, 0.1) is 0 Å². The molecule has 6 N–H and O–H groups in total. The Bertz CT molecular complexity index is 1380. The van der Waals surface area contributed by atoms with Crippen molar-refractivity contribution in [2.45, 2.75) is 18.0 Å². The van der Waals surface area contributed by atoms with Gasteiger partial charge < -0.3 is 36.0 Å². The van der Waals surface area contributed by atoms with Crippen LogP contribution in [0.4, 0.5) is 5.13 Å². The topological polar surface area (TPSA) is 219 Å². The highest BCUT2D eigenvalue weighted by Gasteiger charge is 2.54. The van der Waals surface area contributed by atoms with Gasteiger partial charge in [0.1, 0.15) is 28.5 Å². The molecule has 196 valence electrons. The molecule has 2 aromatic rings. The first-order valence-electron chi connectivity index (χ1n) is 10.4. The second-order valence-corrected chi connectivity index (χ2v) is 9.69. The number of hydrogen-bond acceptors (Lipinski definition) is 13. The van der Waals surface area contributed by atoms with Crippen LogP contribution in [0.2, 0.25) is 0 Å². The van der Waals surface area contributed by atoms with E-state index in [1.165, 1.54) is 24.3 Å². The van der Waals surface area contributed by atoms with E-state index in [1.807, 2.05) is 0 Å². The summed E-state index contributed by atoms with van der Waals surface area (Å²) >= 11 is 2.30. The maximum atomic E-state index is 13.1. The summed E-state index contributed by atoms with van der Waals surface area (Å²) in [7, 11) is 1.42. The van der Waals surface area contributed by atoms with E-state index in [4.69, 9.17) is 15.3 Å². The lowest BCUT2D eigenvalue weighted by atomic mass is 10.0. The standard InChI is InChI=1S/C20H20N6O9S2/c1-34-4-8-6-36-18-14(17(30)26(18)15(8)19(31)32)23-16(29)13(10-7-37-20(21)22-10)24-35-5-9-2-11(27)12(28)3-25(9)33/h2-3,7,14,18,28,33H,4-6H2,1H3,(H2,21,22)(H,23,29)(H,31,32)/b24-13-/t14-,18-/m1/s1. The number of oxime groups is 1. The first kappa shape index (κ1) is 26.0. The summed E-state index contributed by atoms with van der Waals surface area (Å²) in [5.74, 6) is -3.13. The second kappa shape index (κ2) is 10.5. The number of aliphatic carboxylic acids is 1. The van der Waals surface area contributed by atoms with E-state index in [1.54, 1.807) is 0 Å². The fourth-order valence-corrected chi connectivity index (χ4v) is 5.48. The molecule has 1 saturated heterocycles. The van der Waals surface area contributed by atoms with Crippen molar-refractivity contribution in [3.8, 4) is 5.75 Å². The Kier molecular flexibility index (Phi) is 7.37. The molecule has 2 amide bonds. The number of thiazole rings is 1. The van der Waals surface area contributed by atoms with Gasteiger partial charge in [-0.1, -0.05) is 5.16 Å². The van der Waals surface area contributed by atoms with Crippen LogP contribution in [0.3, 0.4) is 0 Å². The van der Waals surface area contributed by atoms with Crippen molar-refractivity contribution in [3.05, 3.63) is 50.5 Å². The molecule has 1 fully saturated rings. The van der Waals surface area contributed by atoms with Crippen LogP contribution in [-0.4, -0.2) is 84.4 Å². The summed E-state index contributed by atoms with van der Waals surface area (Å²) in [4.78, 5) is 59.6. The monoisotopic (exact) mass is 552 g/mol. The Morgan fingerprint density at radius 1 is 1.35 bits per heavy atom. The lowest BCUT2D eigenvalue weighted by Gasteiger charge is -2.49. The van der Waals surface area contributed by atoms with Gasteiger partial charge in [0.25, 0.3) is 11.8 Å². The van der Waals surface area contributed by atoms with Gasteiger partial charge in [0.2, 0.25) is 5.43 Å². The number of nitrogen functional groups attached to an aromatic ring is 1. The average Bonchev–Trinajstić information content (AvgIpc) is 3.28. The molecule has 2 aliphatic heterocycles. The molecule has 37 heavy (non-hydrogen) atoms. The molecule has 0 aliphatic carbocycles. The van der Waals surface area contributed by atoms with Crippen LogP contribution < -0.4 is 16.5 Å². The zero-order chi connectivity index (χ0) is 26.9. The Hall–Kier alpha value is -4.09. The summed E-state index contributed by atoms with van der Waals surface area (Å²) < 4.78 is 5.49. The summed E-state index contributed by atoms with van der Waals surface area (Å²) in [5, 5.41) is 36.0. The number of nitrogens with one attached hydrogen (secondary N) is 1. The minimum atomic E-state index is -1.28. The molecule has 0 spiro atoms. The number of thioether (sulfide) groups is 1. The first-order chi connectivity index (χ1) is 17.6. The molecule has 4 rings (SSSR count). The van der Waals surface area contributed by atoms with Gasteiger partial charge in [0.05, 0.1) is 12.8 Å². The van der Waals surface area contributed by atoms with Crippen LogP contribution in [0.5, 0.6) is 5.75 Å². The van der Waals surface area contributed by atoms with E-state index in [2.05, 4.69) is 15.5 Å². The van der Waals surface area contributed by atoms with E-state index >= 15 is 0 Å². The molecule has 0 saturated carbocycles. The number of aromatic nitrogens is 2. The number of aromatic hydroxyl groups is 1. The van der Waals surface area contributed by atoms with Crippen LogP contribution in [0.1, 0.15) is 11.4 Å². The van der Waals surface area contributed by atoms with E-state index in [9.17, 15) is 34.6 Å². The lowest BCUT2D eigenvalue weighted by molar-refractivity contribution is -0.150. The maximum absolute atomic E-state index is 13.1. The minimum absolute atomic E-state index is 0.0422. The number of nitrogens with two attached hydrogens (primary N) is 1. The van der Waals surface area contributed by atoms with E-state index in [0.29, 0.717) is 16.1 Å². The number of amides is 2. The molecular weight excluding hydrogens is 532 g/mol. The number of carbonyl (C=O) groups is 3. The van der Waals surface area contributed by atoms with E-state index in [-0.39, 0.29) is 34.5 Å². The Labute approximate surface area is 215 Å². The van der Waals surface area contributed by atoms with Crippen LogP contribution in [0.15, 0.2) is 38.9 Å². The number of rotatable bonds is 9. The van der Waals surface area contributed by atoms with Gasteiger partial charge in [-0.25, -0.2) is 9.78 Å². The molecule has 4 heterocycles. The molecular formula is C20H20N6O9S2. The van der Waals surface area contributed by atoms with Crippen molar-refractivity contribution in [1.82, 2.24) is 19.9 Å². The highest BCUT2D eigenvalue weighted by Crippen LogP contribution is 2.40. The van der Waals surface area contributed by atoms with Gasteiger partial charge in [-0.3, -0.25) is 19.3 Å². The zero-order valence-corrected chi connectivity index (χ0v) is 20.6. The smallest absolute Gasteiger partial charge is 0.352 e. The Balaban J connectivity index is 1.53. The van der Waals surface area contributed by atoms with Gasteiger partial charge in [0.15, 0.2) is 23.2 Å². The predicted octanol–water partition coefficient (Wildman–Crippen LogP) is -0.864. The number of methoxy groups -OCH3 is 1. The summed E-state index contributed by atoms with van der Waals surface area (Å²) in [6.45, 7) is -0.420. The molecule has 0 aromatic carbocycles. The molecule has 15 nitrogen and oxygen atoms in total. The number of nitrogens with zero attached hydrogens (tertiary/aromatic N) is 4. The Morgan fingerprint density at radius 3 is 2.76 bits per heavy atom. The van der Waals surface area contributed by atoms with Crippen LogP contribution in [0.25, 0.3) is 0 Å². The minimum Gasteiger partial charge on any atom is -0.503 e. The number of carboxylic acid groups (broad SMARTS) is 1. The molecule has 2 aliphatic rings. The number of ether oxygens (including phenoxy) is 1.